The van der Waals surface area contributed by atoms with Gasteiger partial charge in [0.2, 0.25) is 0 Å². The maximum absolute atomic E-state index is 12.3. The summed E-state index contributed by atoms with van der Waals surface area (Å²) in [5, 5.41) is 2.77. The number of aromatic nitrogens is 4. The van der Waals surface area contributed by atoms with E-state index < -0.39 is 0 Å². The van der Waals surface area contributed by atoms with Crippen molar-refractivity contribution in [1.29, 1.82) is 0 Å². The Balaban J connectivity index is 2.17. The first kappa shape index (κ1) is 14.9. The molecule has 8 nitrogen and oxygen atoms in total. The van der Waals surface area contributed by atoms with Gasteiger partial charge in [0.15, 0.2) is 5.69 Å². The molecule has 0 aliphatic rings. The number of aryl methyl sites for hydroxylation is 1. The lowest BCUT2D eigenvalue weighted by Gasteiger charge is -2.11. The van der Waals surface area contributed by atoms with Gasteiger partial charge in [-0.15, -0.1) is 0 Å². The summed E-state index contributed by atoms with van der Waals surface area (Å²) in [7, 11) is 1.86. The fourth-order valence-corrected chi connectivity index (χ4v) is 1.76. The normalized spacial score (nSPS) is 10.7. The summed E-state index contributed by atoms with van der Waals surface area (Å²) in [6, 6.07) is 0. The molecule has 8 heteroatoms. The van der Waals surface area contributed by atoms with E-state index in [1.165, 1.54) is 6.20 Å². The monoisotopic (exact) mass is 289 g/mol. The molecule has 112 valence electrons. The van der Waals surface area contributed by atoms with Gasteiger partial charge in [0.25, 0.3) is 5.91 Å². The molecule has 2 aromatic heterocycles. The number of carbonyl (C=O) groups excluding carboxylic acids is 1. The van der Waals surface area contributed by atoms with E-state index in [2.05, 4.69) is 25.7 Å². The number of hydrazine groups is 1. The number of hydrogen-bond acceptors (Lipinski definition) is 6. The quantitative estimate of drug-likeness (QED) is 0.547. The number of hydrogen-bond donors (Lipinski definition) is 3. The number of nitrogens with one attached hydrogen (secondary N) is 2. The summed E-state index contributed by atoms with van der Waals surface area (Å²) in [5.41, 5.74) is 3.05. The van der Waals surface area contributed by atoms with Crippen molar-refractivity contribution in [3.63, 3.8) is 0 Å². The zero-order valence-corrected chi connectivity index (χ0v) is 12.3. The fraction of sp³-hybridized carbons (Fsp3) is 0.385. The third-order valence-corrected chi connectivity index (χ3v) is 3.02. The lowest BCUT2D eigenvalue weighted by Crippen LogP contribution is -2.27. The Labute approximate surface area is 122 Å². The molecular formula is C13H19N7O. The largest absolute Gasteiger partial charge is 0.343 e. The molecule has 0 aromatic carbocycles. The van der Waals surface area contributed by atoms with Crippen molar-refractivity contribution in [2.45, 2.75) is 26.3 Å². The Morgan fingerprint density at radius 3 is 2.76 bits per heavy atom. The number of carbonyl (C=O) groups is 1. The number of nitrogens with zero attached hydrogens (tertiary/aromatic N) is 4. The van der Waals surface area contributed by atoms with Crippen LogP contribution in [0.3, 0.4) is 0 Å². The van der Waals surface area contributed by atoms with Crippen LogP contribution >= 0.6 is 0 Å². The van der Waals surface area contributed by atoms with E-state index in [1.54, 1.807) is 6.20 Å². The van der Waals surface area contributed by atoms with Crippen molar-refractivity contribution in [1.82, 2.24) is 24.8 Å². The summed E-state index contributed by atoms with van der Waals surface area (Å²) in [6.07, 6.45) is 5.00. The van der Waals surface area contributed by atoms with Gasteiger partial charge < -0.3 is 15.3 Å². The average molecular weight is 289 g/mol. The highest BCUT2D eigenvalue weighted by Gasteiger charge is 2.16. The van der Waals surface area contributed by atoms with Crippen LogP contribution in [0.15, 0.2) is 18.6 Å². The maximum Gasteiger partial charge on any atom is 0.272 e. The van der Waals surface area contributed by atoms with Crippen LogP contribution in [-0.2, 0) is 13.6 Å². The molecule has 0 radical (unpaired) electrons. The van der Waals surface area contributed by atoms with Crippen LogP contribution in [0.2, 0.25) is 0 Å². The van der Waals surface area contributed by atoms with Gasteiger partial charge in [-0.1, -0.05) is 13.8 Å². The van der Waals surface area contributed by atoms with Gasteiger partial charge in [0.1, 0.15) is 11.6 Å². The highest BCUT2D eigenvalue weighted by Crippen LogP contribution is 2.15. The van der Waals surface area contributed by atoms with Gasteiger partial charge in [0, 0.05) is 25.4 Å². The molecule has 2 heterocycles. The molecule has 21 heavy (non-hydrogen) atoms. The van der Waals surface area contributed by atoms with Crippen molar-refractivity contribution in [2.24, 2.45) is 12.9 Å². The third kappa shape index (κ3) is 3.34. The van der Waals surface area contributed by atoms with E-state index in [-0.39, 0.29) is 17.5 Å². The molecule has 0 saturated heterocycles. The van der Waals surface area contributed by atoms with E-state index >= 15 is 0 Å². The minimum Gasteiger partial charge on any atom is -0.343 e. The smallest absolute Gasteiger partial charge is 0.272 e. The molecular weight excluding hydrogens is 270 g/mol. The molecule has 2 rings (SSSR count). The number of imidazole rings is 1. The van der Waals surface area contributed by atoms with Crippen molar-refractivity contribution >= 4 is 11.6 Å². The second-order valence-electron chi connectivity index (χ2n) is 4.93. The van der Waals surface area contributed by atoms with Crippen LogP contribution in [0.1, 0.15) is 41.9 Å². The minimum atomic E-state index is -0.324. The molecule has 1 amide bonds. The van der Waals surface area contributed by atoms with Crippen LogP contribution in [0.4, 0.5) is 5.69 Å². The van der Waals surface area contributed by atoms with E-state index in [0.29, 0.717) is 18.1 Å². The van der Waals surface area contributed by atoms with Gasteiger partial charge in [0.05, 0.1) is 18.4 Å². The van der Waals surface area contributed by atoms with Crippen molar-refractivity contribution in [2.75, 3.05) is 5.43 Å². The second kappa shape index (κ2) is 6.31. The predicted molar refractivity (Wildman–Crippen MR) is 78.3 cm³/mol. The lowest BCUT2D eigenvalue weighted by atomic mass is 10.2. The molecule has 0 aliphatic heterocycles. The molecule has 0 saturated carbocycles. The van der Waals surface area contributed by atoms with Gasteiger partial charge in [-0.2, -0.15) is 0 Å². The number of amides is 1. The van der Waals surface area contributed by atoms with Crippen LogP contribution in [0.5, 0.6) is 0 Å². The van der Waals surface area contributed by atoms with Gasteiger partial charge in [-0.3, -0.25) is 10.6 Å². The molecule has 0 fully saturated rings. The molecule has 0 bridgehead atoms. The molecule has 2 aromatic rings. The third-order valence-electron chi connectivity index (χ3n) is 3.02. The average Bonchev–Trinajstić information content (AvgIpc) is 2.89. The van der Waals surface area contributed by atoms with Gasteiger partial charge >= 0.3 is 0 Å². The number of nitrogen functional groups attached to an aromatic ring is 1. The van der Waals surface area contributed by atoms with Crippen LogP contribution in [-0.4, -0.2) is 25.4 Å². The van der Waals surface area contributed by atoms with Crippen LogP contribution in [0.25, 0.3) is 0 Å². The summed E-state index contributed by atoms with van der Waals surface area (Å²) in [6.45, 7) is 4.23. The molecule has 0 aliphatic carbocycles. The van der Waals surface area contributed by atoms with E-state index in [9.17, 15) is 4.79 Å². The lowest BCUT2D eigenvalue weighted by molar-refractivity contribution is 0.0945. The maximum atomic E-state index is 12.3. The Hall–Kier alpha value is -2.48. The second-order valence-corrected chi connectivity index (χ2v) is 4.93. The van der Waals surface area contributed by atoms with E-state index in [4.69, 9.17) is 5.84 Å². The van der Waals surface area contributed by atoms with Crippen molar-refractivity contribution in [3.8, 4) is 0 Å². The van der Waals surface area contributed by atoms with E-state index in [1.807, 2.05) is 31.7 Å². The summed E-state index contributed by atoms with van der Waals surface area (Å²) >= 11 is 0. The first-order valence-corrected chi connectivity index (χ1v) is 6.61. The highest BCUT2D eigenvalue weighted by molar-refractivity contribution is 5.97. The molecule has 0 atom stereocenters. The van der Waals surface area contributed by atoms with E-state index in [0.717, 1.165) is 5.82 Å². The summed E-state index contributed by atoms with van der Waals surface area (Å²) in [4.78, 5) is 24.9. The number of nitrogens with two attached hydrogens (primary N) is 1. The van der Waals surface area contributed by atoms with Crippen molar-refractivity contribution < 1.29 is 4.79 Å². The summed E-state index contributed by atoms with van der Waals surface area (Å²) < 4.78 is 1.84. The fourth-order valence-electron chi connectivity index (χ4n) is 1.76. The molecule has 0 spiro atoms. The number of anilines is 1. The first-order chi connectivity index (χ1) is 10.0. The SMILES string of the molecule is CC(C)c1ncc(NN)c(C(=O)NCc2nccn2C)n1. The Morgan fingerprint density at radius 2 is 2.19 bits per heavy atom. The zero-order chi connectivity index (χ0) is 15.4. The van der Waals surface area contributed by atoms with Gasteiger partial charge in [-0.25, -0.2) is 15.0 Å². The summed E-state index contributed by atoms with van der Waals surface area (Å²) in [5.74, 6) is 6.55. The van der Waals surface area contributed by atoms with Gasteiger partial charge in [-0.05, 0) is 0 Å². The first-order valence-electron chi connectivity index (χ1n) is 6.61. The van der Waals surface area contributed by atoms with Crippen LogP contribution < -0.4 is 16.6 Å². The molecule has 0 unspecified atom stereocenters. The zero-order valence-electron chi connectivity index (χ0n) is 12.3. The Bertz CT molecular complexity index is 635. The Morgan fingerprint density at radius 1 is 1.43 bits per heavy atom. The Kier molecular flexibility index (Phi) is 4.49. The number of rotatable bonds is 5. The highest BCUT2D eigenvalue weighted by atomic mass is 16.1. The molecule has 4 N–H and O–H groups in total. The predicted octanol–water partition coefficient (Wildman–Crippen LogP) is 0.549. The van der Waals surface area contributed by atoms with Crippen molar-refractivity contribution in [3.05, 3.63) is 35.9 Å². The minimum absolute atomic E-state index is 0.123. The topological polar surface area (TPSA) is 111 Å². The van der Waals surface area contributed by atoms with Crippen LogP contribution in [0, 0.1) is 0 Å². The standard InChI is InChI=1S/C13H19N7O/c1-8(2)12-16-6-9(19-14)11(18-12)13(21)17-7-10-15-4-5-20(10)3/h4-6,8,19H,7,14H2,1-3H3,(H,17,21).